The number of ether oxygens (including phenoxy) is 8. The van der Waals surface area contributed by atoms with E-state index in [0.29, 0.717) is 21.5 Å². The first kappa shape index (κ1) is 63.3. The summed E-state index contributed by atoms with van der Waals surface area (Å²) < 4.78 is 168. The fourth-order valence-electron chi connectivity index (χ4n) is 11.5. The van der Waals surface area contributed by atoms with Gasteiger partial charge in [-0.05, 0) is 243 Å². The van der Waals surface area contributed by atoms with Crippen molar-refractivity contribution in [1.29, 1.82) is 0 Å². The standard InChI is InChI=1S/C80H42F8N8O8/c81-41-1-17-49(18-2-41)97-65-33-57-58(34-66(65)98-50-19-3-42(82)4-20-50)74-89-73(57)93-75-59-35-67(99-51-21-5-43(83)6-22-51)68(100-52-23-7-44(84)8-24-52)36-60(59)77(90-75)95-79-63-39-71(103-55-29-13-47(87)14-30-55)72(104-56-31-15-48(88)16-32-56)40-64(63)80(92-79)96-78-62-38-70(102-54-27-11-46(86)12-28-54)69(37-61(62)76(91-78)94-74)101-53-25-9-45(85)10-26-53/h1-40H,(H2,89,90,91,92,93,94,95,96). The first-order valence-corrected chi connectivity index (χ1v) is 31.7. The van der Waals surface area contributed by atoms with E-state index in [-0.39, 0.29) is 160 Å². The van der Waals surface area contributed by atoms with Crippen LogP contribution in [0.15, 0.2) is 243 Å². The first-order chi connectivity index (χ1) is 50.6. The van der Waals surface area contributed by atoms with Gasteiger partial charge in [0.25, 0.3) is 0 Å². The van der Waals surface area contributed by atoms with Gasteiger partial charge in [-0.15, -0.1) is 0 Å². The molecule has 12 aromatic carbocycles. The normalized spacial score (nSPS) is 11.5. The fraction of sp³-hybridized carbons (Fsp3) is 0. The molecule has 17 rings (SSSR count). The zero-order chi connectivity index (χ0) is 70.7. The molecule has 5 heterocycles. The number of fused-ring (bicyclic) bond motifs is 20. The van der Waals surface area contributed by atoms with Gasteiger partial charge in [0, 0.05) is 43.8 Å². The highest BCUT2D eigenvalue weighted by Gasteiger charge is 2.29. The van der Waals surface area contributed by atoms with E-state index in [2.05, 4.69) is 9.97 Å². The summed E-state index contributed by atoms with van der Waals surface area (Å²) in [7, 11) is 0. The highest BCUT2D eigenvalue weighted by Crippen LogP contribution is 2.50. The molecule has 104 heavy (non-hydrogen) atoms. The summed E-state index contributed by atoms with van der Waals surface area (Å²) in [5.74, 6) is -2.29. The zero-order valence-electron chi connectivity index (χ0n) is 53.1. The van der Waals surface area contributed by atoms with Crippen LogP contribution >= 0.6 is 0 Å². The summed E-state index contributed by atoms with van der Waals surface area (Å²) in [6.07, 6.45) is 0. The van der Waals surface area contributed by atoms with Crippen molar-refractivity contribution in [2.45, 2.75) is 0 Å². The minimum absolute atomic E-state index is 0.00278. The second-order valence-corrected chi connectivity index (χ2v) is 23.4. The maximum atomic E-state index is 14.5. The molecule has 0 radical (unpaired) electrons. The molecule has 506 valence electrons. The van der Waals surface area contributed by atoms with Gasteiger partial charge in [0.05, 0.1) is 0 Å². The Morgan fingerprint density at radius 3 is 0.481 bits per heavy atom. The van der Waals surface area contributed by atoms with Gasteiger partial charge in [-0.25, -0.2) is 65.0 Å². The minimum atomic E-state index is -0.535. The third kappa shape index (κ3) is 13.0. The van der Waals surface area contributed by atoms with Gasteiger partial charge < -0.3 is 47.9 Å². The lowest BCUT2D eigenvalue weighted by Crippen LogP contribution is -1.94. The van der Waals surface area contributed by atoms with Crippen molar-refractivity contribution >= 4 is 44.1 Å². The molecule has 2 aliphatic rings. The van der Waals surface area contributed by atoms with E-state index in [9.17, 15) is 35.1 Å². The number of hydrogen-bond acceptors (Lipinski definition) is 14. The van der Waals surface area contributed by atoms with Crippen LogP contribution in [0.1, 0.15) is 0 Å². The van der Waals surface area contributed by atoms with Crippen LogP contribution in [0, 0.1) is 46.5 Å². The molecule has 15 aromatic rings. The Morgan fingerprint density at radius 2 is 0.327 bits per heavy atom. The number of H-pyrrole nitrogens is 2. The van der Waals surface area contributed by atoms with E-state index in [4.69, 9.17) is 67.8 Å². The van der Waals surface area contributed by atoms with Gasteiger partial charge in [-0.2, -0.15) is 0 Å². The van der Waals surface area contributed by atoms with Crippen molar-refractivity contribution in [1.82, 2.24) is 39.9 Å². The molecule has 2 N–H and O–H groups in total. The summed E-state index contributed by atoms with van der Waals surface area (Å²) in [4.78, 5) is 38.2. The third-order valence-corrected chi connectivity index (χ3v) is 16.4. The molecule has 0 fully saturated rings. The highest BCUT2D eigenvalue weighted by atomic mass is 19.2. The number of rotatable bonds is 16. The molecule has 8 bridgehead atoms. The maximum Gasteiger partial charge on any atom is 0.170 e. The predicted octanol–water partition coefficient (Wildman–Crippen LogP) is 22.3. The SMILES string of the molecule is Fc1ccc(Oc2cc3c(cc2Oc2ccc(F)cc2)-c2nc-3nc3[nH]c(nc4nc(nc5[nH]c(n2)c2cc(Oc6ccc(F)cc6)c(Oc6ccc(F)cc6)cc52)-c2cc(Oc5ccc(F)cc5)c(Oc5ccc(F)cc5)cc2-4)c2cc(Oc4ccc(F)cc4)c(Oc4ccc(F)cc4)cc32)cc1. The summed E-state index contributed by atoms with van der Waals surface area (Å²) in [5, 5.41) is 1.25. The van der Waals surface area contributed by atoms with Crippen LogP contribution < -0.4 is 37.9 Å². The van der Waals surface area contributed by atoms with Crippen molar-refractivity contribution in [2.75, 3.05) is 0 Å². The lowest BCUT2D eigenvalue weighted by molar-refractivity contribution is 0.418. The number of halogens is 8. The summed E-state index contributed by atoms with van der Waals surface area (Å²) >= 11 is 0. The van der Waals surface area contributed by atoms with Gasteiger partial charge in [-0.3, -0.25) is 0 Å². The average molecular weight is 1400 g/mol. The second kappa shape index (κ2) is 26.2. The van der Waals surface area contributed by atoms with Gasteiger partial charge >= 0.3 is 0 Å². The Labute approximate surface area is 581 Å². The number of nitrogens with one attached hydrogen (secondary N) is 2. The van der Waals surface area contributed by atoms with Crippen molar-refractivity contribution < 1.29 is 73.0 Å². The first-order valence-electron chi connectivity index (χ1n) is 31.7. The van der Waals surface area contributed by atoms with Gasteiger partial charge in [-0.1, -0.05) is 0 Å². The molecule has 0 spiro atoms. The Bertz CT molecular complexity index is 5330. The molecule has 0 atom stereocenters. The van der Waals surface area contributed by atoms with Crippen molar-refractivity contribution in [3.8, 4) is 138 Å². The predicted molar refractivity (Wildman–Crippen MR) is 368 cm³/mol. The largest absolute Gasteiger partial charge is 0.453 e. The van der Waals surface area contributed by atoms with Crippen LogP contribution in [0.5, 0.6) is 92.0 Å². The van der Waals surface area contributed by atoms with Crippen molar-refractivity contribution in [3.63, 3.8) is 0 Å². The number of aromatic nitrogens is 8. The van der Waals surface area contributed by atoms with Crippen LogP contribution in [-0.2, 0) is 0 Å². The summed E-state index contributed by atoms with van der Waals surface area (Å²) in [6, 6.07) is 54.8. The number of benzene rings is 12. The molecule has 0 saturated carbocycles. The lowest BCUT2D eigenvalue weighted by Gasteiger charge is -2.14. The number of hydrogen-bond donors (Lipinski definition) is 2. The number of nitrogens with zero attached hydrogens (tertiary/aromatic N) is 6. The minimum Gasteiger partial charge on any atom is -0.453 e. The smallest absolute Gasteiger partial charge is 0.170 e. The zero-order valence-corrected chi connectivity index (χ0v) is 53.1. The quantitative estimate of drug-likeness (QED) is 0.0871. The monoisotopic (exact) mass is 1390 g/mol. The highest BCUT2D eigenvalue weighted by molar-refractivity contribution is 6.08. The molecule has 0 unspecified atom stereocenters. The van der Waals surface area contributed by atoms with E-state index in [1.807, 2.05) is 0 Å². The van der Waals surface area contributed by atoms with Crippen LogP contribution in [0.25, 0.3) is 89.7 Å². The Morgan fingerprint density at radius 1 is 0.183 bits per heavy atom. The van der Waals surface area contributed by atoms with E-state index in [1.165, 1.54) is 194 Å². The van der Waals surface area contributed by atoms with Crippen molar-refractivity contribution in [2.24, 2.45) is 0 Å². The molecule has 0 amide bonds. The van der Waals surface area contributed by atoms with E-state index in [1.54, 1.807) is 48.5 Å². The van der Waals surface area contributed by atoms with Gasteiger partial charge in [0.15, 0.2) is 69.3 Å². The Kier molecular flexibility index (Phi) is 15.9. The second-order valence-electron chi connectivity index (χ2n) is 23.4. The average Bonchev–Trinajstić information content (AvgIpc) is 1.59. The summed E-state index contributed by atoms with van der Waals surface area (Å²) in [5.41, 5.74) is 1.48. The van der Waals surface area contributed by atoms with Gasteiger partial charge in [0.1, 0.15) is 115 Å². The Balaban J connectivity index is 0.985. The molecule has 2 aliphatic heterocycles. The molecular weight excluding hydrogens is 1350 g/mol. The molecular formula is C80H42F8N8O8. The topological polar surface area (TPSA) is 183 Å². The van der Waals surface area contributed by atoms with Crippen LogP contribution in [0.3, 0.4) is 0 Å². The maximum absolute atomic E-state index is 14.5. The molecule has 3 aromatic heterocycles. The van der Waals surface area contributed by atoms with Crippen LogP contribution in [0.2, 0.25) is 0 Å². The summed E-state index contributed by atoms with van der Waals surface area (Å²) in [6.45, 7) is 0. The van der Waals surface area contributed by atoms with E-state index in [0.717, 1.165) is 0 Å². The Hall–Kier alpha value is -14.2. The molecule has 24 heteroatoms. The molecule has 0 saturated heterocycles. The number of aromatic amines is 2. The van der Waals surface area contributed by atoms with E-state index < -0.39 is 46.5 Å². The lowest BCUT2D eigenvalue weighted by atomic mass is 10.1. The van der Waals surface area contributed by atoms with Crippen molar-refractivity contribution in [3.05, 3.63) is 289 Å². The van der Waals surface area contributed by atoms with Crippen LogP contribution in [0.4, 0.5) is 35.1 Å². The molecule has 0 aliphatic carbocycles. The molecule has 16 nitrogen and oxygen atoms in total. The third-order valence-electron chi connectivity index (χ3n) is 16.4. The van der Waals surface area contributed by atoms with E-state index >= 15 is 0 Å². The van der Waals surface area contributed by atoms with Crippen LogP contribution in [-0.4, -0.2) is 39.9 Å². The van der Waals surface area contributed by atoms with Gasteiger partial charge in [0.2, 0.25) is 0 Å². The fourth-order valence-corrected chi connectivity index (χ4v) is 11.5.